The molecule has 0 aromatic heterocycles. The first kappa shape index (κ1) is 16.4. The van der Waals surface area contributed by atoms with Crippen molar-refractivity contribution in [2.24, 2.45) is 0 Å². The molecule has 126 valence electrons. The van der Waals surface area contributed by atoms with E-state index in [2.05, 4.69) is 20.8 Å². The van der Waals surface area contributed by atoms with E-state index < -0.39 is 5.60 Å². The molecule has 1 aromatic carbocycles. The van der Waals surface area contributed by atoms with Crippen LogP contribution in [0.3, 0.4) is 0 Å². The van der Waals surface area contributed by atoms with Gasteiger partial charge in [-0.2, -0.15) is 0 Å². The van der Waals surface area contributed by atoms with Crippen LogP contribution >= 0.6 is 15.9 Å². The van der Waals surface area contributed by atoms with Crippen LogP contribution in [-0.2, 0) is 4.74 Å². The summed E-state index contributed by atoms with van der Waals surface area (Å²) < 4.78 is 25.4. The Morgan fingerprint density at radius 1 is 1.39 bits per heavy atom. The highest BCUT2D eigenvalue weighted by Gasteiger charge is 2.36. The summed E-state index contributed by atoms with van der Waals surface area (Å²) in [4.78, 5) is 16.0. The normalized spacial score (nSPS) is 20.5. The molecule has 0 bridgehead atoms. The number of benzene rings is 1. The largest absolute Gasteiger partial charge is 0.489 e. The van der Waals surface area contributed by atoms with Gasteiger partial charge in [-0.1, -0.05) is 0 Å². The smallest absolute Gasteiger partial charge is 0.410 e. The van der Waals surface area contributed by atoms with Gasteiger partial charge in [0.05, 0.1) is 16.2 Å². The van der Waals surface area contributed by atoms with Crippen LogP contribution in [0.4, 0.5) is 14.9 Å². The van der Waals surface area contributed by atoms with Gasteiger partial charge in [-0.3, -0.25) is 0 Å². The number of nitrogens with zero attached hydrogens (tertiary/aromatic N) is 2. The first-order valence-electron chi connectivity index (χ1n) is 7.61. The van der Waals surface area contributed by atoms with E-state index in [1.54, 1.807) is 11.0 Å². The molecule has 2 aliphatic rings. The zero-order valence-electron chi connectivity index (χ0n) is 13.4. The highest BCUT2D eigenvalue weighted by Crippen LogP contribution is 2.38. The van der Waals surface area contributed by atoms with Gasteiger partial charge in [0.1, 0.15) is 23.8 Å². The van der Waals surface area contributed by atoms with Gasteiger partial charge < -0.3 is 19.3 Å². The second-order valence-electron chi connectivity index (χ2n) is 6.82. The summed E-state index contributed by atoms with van der Waals surface area (Å²) in [5.74, 6) is 0.350. The van der Waals surface area contributed by atoms with Gasteiger partial charge in [-0.15, -0.1) is 0 Å². The van der Waals surface area contributed by atoms with E-state index in [0.29, 0.717) is 36.5 Å². The number of piperazine rings is 1. The Bertz CT molecular complexity index is 632. The Hall–Kier alpha value is -1.50. The van der Waals surface area contributed by atoms with Crippen LogP contribution in [0.2, 0.25) is 0 Å². The lowest BCUT2D eigenvalue weighted by atomic mass is 10.1. The fourth-order valence-corrected chi connectivity index (χ4v) is 3.17. The van der Waals surface area contributed by atoms with Crippen LogP contribution in [-0.4, -0.2) is 48.9 Å². The van der Waals surface area contributed by atoms with Gasteiger partial charge in [-0.25, -0.2) is 9.18 Å². The second kappa shape index (κ2) is 5.85. The van der Waals surface area contributed by atoms with E-state index in [-0.39, 0.29) is 18.0 Å². The topological polar surface area (TPSA) is 42.0 Å². The van der Waals surface area contributed by atoms with Crippen LogP contribution in [0.5, 0.6) is 5.75 Å². The van der Waals surface area contributed by atoms with Crippen LogP contribution in [0.25, 0.3) is 0 Å². The molecule has 0 N–H and O–H groups in total. The van der Waals surface area contributed by atoms with Crippen molar-refractivity contribution in [1.82, 2.24) is 4.90 Å². The minimum absolute atomic E-state index is 0.00402. The number of rotatable bonds is 0. The van der Waals surface area contributed by atoms with Crippen molar-refractivity contribution in [2.45, 2.75) is 32.4 Å². The average Bonchev–Trinajstić information content (AvgIpc) is 2.46. The third-order valence-electron chi connectivity index (χ3n) is 3.88. The molecule has 0 radical (unpaired) electrons. The Balaban J connectivity index is 1.75. The second-order valence-corrected chi connectivity index (χ2v) is 7.67. The van der Waals surface area contributed by atoms with Gasteiger partial charge in [-0.05, 0) is 42.8 Å². The third kappa shape index (κ3) is 3.39. The average molecular weight is 387 g/mol. The number of fused-ring (bicyclic) bond motifs is 3. The number of ether oxygens (including phenoxy) is 2. The lowest BCUT2D eigenvalue weighted by Gasteiger charge is -2.45. The van der Waals surface area contributed by atoms with Crippen LogP contribution in [0.1, 0.15) is 20.8 Å². The molecule has 0 aliphatic carbocycles. The quantitative estimate of drug-likeness (QED) is 0.685. The summed E-state index contributed by atoms with van der Waals surface area (Å²) in [7, 11) is 0. The molecule has 23 heavy (non-hydrogen) atoms. The maximum Gasteiger partial charge on any atom is 0.410 e. The first-order chi connectivity index (χ1) is 10.7. The molecule has 1 aromatic rings. The summed E-state index contributed by atoms with van der Waals surface area (Å²) in [5, 5.41) is 0. The lowest BCUT2D eigenvalue weighted by Crippen LogP contribution is -2.59. The molecule has 1 fully saturated rings. The molecule has 1 saturated heterocycles. The van der Waals surface area contributed by atoms with Crippen molar-refractivity contribution in [3.8, 4) is 5.75 Å². The highest BCUT2D eigenvalue weighted by molar-refractivity contribution is 9.10. The Labute approximate surface area is 143 Å². The minimum Gasteiger partial charge on any atom is -0.489 e. The van der Waals surface area contributed by atoms with Crippen molar-refractivity contribution in [2.75, 3.05) is 31.1 Å². The minimum atomic E-state index is -0.515. The van der Waals surface area contributed by atoms with E-state index in [1.165, 1.54) is 6.07 Å². The van der Waals surface area contributed by atoms with Gasteiger partial charge in [0.2, 0.25) is 0 Å². The molecule has 0 saturated carbocycles. The first-order valence-corrected chi connectivity index (χ1v) is 8.40. The fraction of sp³-hybridized carbons (Fsp3) is 0.562. The number of halogens is 2. The summed E-state index contributed by atoms with van der Waals surface area (Å²) >= 11 is 3.18. The number of amides is 1. The van der Waals surface area contributed by atoms with E-state index in [1.807, 2.05) is 20.8 Å². The van der Waals surface area contributed by atoms with Gasteiger partial charge in [0.25, 0.3) is 0 Å². The molecule has 7 heteroatoms. The van der Waals surface area contributed by atoms with Crippen LogP contribution in [0, 0.1) is 5.82 Å². The Morgan fingerprint density at radius 2 is 2.13 bits per heavy atom. The number of anilines is 1. The highest BCUT2D eigenvalue weighted by atomic mass is 79.9. The summed E-state index contributed by atoms with van der Waals surface area (Å²) in [6, 6.07) is 3.14. The maximum absolute atomic E-state index is 13.8. The summed E-state index contributed by atoms with van der Waals surface area (Å²) in [5.41, 5.74) is 0.227. The number of carbonyl (C=O) groups excluding carboxylic acids is 1. The number of hydrogen-bond donors (Lipinski definition) is 0. The predicted molar refractivity (Wildman–Crippen MR) is 88.5 cm³/mol. The van der Waals surface area contributed by atoms with Gasteiger partial charge in [0.15, 0.2) is 0 Å². The van der Waals surface area contributed by atoms with Crippen molar-refractivity contribution in [1.29, 1.82) is 0 Å². The molecule has 2 aliphatic heterocycles. The van der Waals surface area contributed by atoms with E-state index in [4.69, 9.17) is 9.47 Å². The number of carbonyl (C=O) groups is 1. The summed E-state index contributed by atoms with van der Waals surface area (Å²) in [6.07, 6.45) is -0.315. The predicted octanol–water partition coefficient (Wildman–Crippen LogP) is 3.41. The van der Waals surface area contributed by atoms with E-state index in [9.17, 15) is 9.18 Å². The molecular weight excluding hydrogens is 367 g/mol. The Kier molecular flexibility index (Phi) is 4.16. The summed E-state index contributed by atoms with van der Waals surface area (Å²) in [6.45, 7) is 7.69. The van der Waals surface area contributed by atoms with E-state index >= 15 is 0 Å². The zero-order chi connectivity index (χ0) is 16.8. The fourth-order valence-electron chi connectivity index (χ4n) is 2.85. The monoisotopic (exact) mass is 386 g/mol. The molecule has 1 amide bonds. The molecule has 5 nitrogen and oxygen atoms in total. The molecule has 2 heterocycles. The van der Waals surface area contributed by atoms with E-state index in [0.717, 1.165) is 5.69 Å². The van der Waals surface area contributed by atoms with Crippen molar-refractivity contribution in [3.05, 3.63) is 22.4 Å². The van der Waals surface area contributed by atoms with Crippen LogP contribution in [0.15, 0.2) is 16.6 Å². The lowest BCUT2D eigenvalue weighted by molar-refractivity contribution is 0.0194. The van der Waals surface area contributed by atoms with Crippen molar-refractivity contribution in [3.63, 3.8) is 0 Å². The number of hydrogen-bond acceptors (Lipinski definition) is 4. The Morgan fingerprint density at radius 3 is 2.83 bits per heavy atom. The van der Waals surface area contributed by atoms with Crippen molar-refractivity contribution < 1.29 is 18.7 Å². The molecule has 3 rings (SSSR count). The molecule has 0 unspecified atom stereocenters. The molecule has 1 atom stereocenters. The van der Waals surface area contributed by atoms with Crippen molar-refractivity contribution >= 4 is 27.7 Å². The SMILES string of the molecule is CC(C)(C)OC(=O)N1CCN2c3cc(F)c(Br)cc3OC[C@@H]2C1. The van der Waals surface area contributed by atoms with Crippen LogP contribution < -0.4 is 9.64 Å². The molecular formula is C16H20BrFN2O3. The third-order valence-corrected chi connectivity index (χ3v) is 4.48. The zero-order valence-corrected chi connectivity index (χ0v) is 15.0. The molecule has 0 spiro atoms. The van der Waals surface area contributed by atoms with Gasteiger partial charge >= 0.3 is 6.09 Å². The standard InChI is InChI=1S/C16H20BrFN2O3/c1-16(2,3)23-15(21)19-4-5-20-10(8-19)9-22-14-6-11(17)12(18)7-13(14)20/h6-7,10H,4-5,8-9H2,1-3H3/t10-/m0/s1. The van der Waals surface area contributed by atoms with Gasteiger partial charge in [0, 0.05) is 25.7 Å². The maximum atomic E-state index is 13.8.